The predicted octanol–water partition coefficient (Wildman–Crippen LogP) is 3.60. The lowest BCUT2D eigenvalue weighted by Crippen LogP contribution is -2.33. The minimum absolute atomic E-state index is 0.0214. The summed E-state index contributed by atoms with van der Waals surface area (Å²) in [5.41, 5.74) is 0.476. The zero-order chi connectivity index (χ0) is 17.2. The van der Waals surface area contributed by atoms with Crippen LogP contribution in [0.2, 0.25) is 0 Å². The molecule has 0 amide bonds. The highest BCUT2D eigenvalue weighted by molar-refractivity contribution is 6.09. The van der Waals surface area contributed by atoms with Crippen LogP contribution in [0.25, 0.3) is 0 Å². The first kappa shape index (κ1) is 16.7. The SMILES string of the molecule is O=C(c1ccc(C2CNCCO2)cc1)c1cccc(C(F)(F)F)c1. The Morgan fingerprint density at radius 1 is 1.08 bits per heavy atom. The highest BCUT2D eigenvalue weighted by Crippen LogP contribution is 2.30. The van der Waals surface area contributed by atoms with E-state index in [-0.39, 0.29) is 11.7 Å². The van der Waals surface area contributed by atoms with Gasteiger partial charge >= 0.3 is 6.18 Å². The second-order valence-corrected chi connectivity index (χ2v) is 5.59. The Hall–Kier alpha value is -2.18. The average Bonchev–Trinajstić information content (AvgIpc) is 2.61. The molecule has 126 valence electrons. The van der Waals surface area contributed by atoms with E-state index in [4.69, 9.17) is 4.74 Å². The van der Waals surface area contributed by atoms with Gasteiger partial charge in [-0.2, -0.15) is 13.2 Å². The van der Waals surface area contributed by atoms with Crippen LogP contribution in [0, 0.1) is 0 Å². The van der Waals surface area contributed by atoms with Crippen molar-refractivity contribution in [1.29, 1.82) is 0 Å². The monoisotopic (exact) mass is 335 g/mol. The number of carbonyl (C=O) groups is 1. The fraction of sp³-hybridized carbons (Fsp3) is 0.278. The highest BCUT2D eigenvalue weighted by Gasteiger charge is 2.31. The molecule has 0 saturated carbocycles. The Morgan fingerprint density at radius 2 is 1.83 bits per heavy atom. The van der Waals surface area contributed by atoms with E-state index in [2.05, 4.69) is 5.32 Å². The number of halogens is 3. The van der Waals surface area contributed by atoms with Crippen LogP contribution in [0.4, 0.5) is 13.2 Å². The number of ketones is 1. The van der Waals surface area contributed by atoms with E-state index in [9.17, 15) is 18.0 Å². The first-order valence-electron chi connectivity index (χ1n) is 7.59. The van der Waals surface area contributed by atoms with E-state index in [1.807, 2.05) is 0 Å². The largest absolute Gasteiger partial charge is 0.416 e. The number of morpholine rings is 1. The van der Waals surface area contributed by atoms with Crippen LogP contribution in [-0.4, -0.2) is 25.5 Å². The molecule has 1 aliphatic rings. The van der Waals surface area contributed by atoms with Crippen molar-refractivity contribution in [3.8, 4) is 0 Å². The van der Waals surface area contributed by atoms with Crippen LogP contribution >= 0.6 is 0 Å². The Kier molecular flexibility index (Phi) is 4.69. The van der Waals surface area contributed by atoms with Crippen molar-refractivity contribution >= 4 is 5.78 Å². The molecule has 0 aliphatic carbocycles. The van der Waals surface area contributed by atoms with Crippen LogP contribution in [-0.2, 0) is 10.9 Å². The quantitative estimate of drug-likeness (QED) is 0.871. The molecule has 2 aromatic carbocycles. The second-order valence-electron chi connectivity index (χ2n) is 5.59. The van der Waals surface area contributed by atoms with Crippen molar-refractivity contribution in [2.45, 2.75) is 12.3 Å². The van der Waals surface area contributed by atoms with Gasteiger partial charge in [0.2, 0.25) is 0 Å². The van der Waals surface area contributed by atoms with Crippen LogP contribution in [0.1, 0.15) is 33.2 Å². The third kappa shape index (κ3) is 3.66. The molecular weight excluding hydrogens is 319 g/mol. The fourth-order valence-electron chi connectivity index (χ4n) is 2.63. The van der Waals surface area contributed by atoms with E-state index in [1.165, 1.54) is 12.1 Å². The van der Waals surface area contributed by atoms with E-state index >= 15 is 0 Å². The number of ether oxygens (including phenoxy) is 1. The normalized spacial score (nSPS) is 18.4. The maximum Gasteiger partial charge on any atom is 0.416 e. The number of benzene rings is 2. The summed E-state index contributed by atoms with van der Waals surface area (Å²) in [6.45, 7) is 2.12. The van der Waals surface area contributed by atoms with E-state index < -0.39 is 17.5 Å². The summed E-state index contributed by atoms with van der Waals surface area (Å²) in [7, 11) is 0. The Labute approximate surface area is 137 Å². The maximum absolute atomic E-state index is 12.8. The standard InChI is InChI=1S/C18H16F3NO2/c19-18(20,21)15-3-1-2-14(10-15)17(23)13-6-4-12(5-7-13)16-11-22-8-9-24-16/h1-7,10,16,22H,8-9,11H2. The second kappa shape index (κ2) is 6.75. The molecule has 6 heteroatoms. The zero-order valence-electron chi connectivity index (χ0n) is 12.8. The van der Waals surface area contributed by atoms with Gasteiger partial charge in [-0.05, 0) is 17.7 Å². The summed E-state index contributed by atoms with van der Waals surface area (Å²) >= 11 is 0. The molecule has 2 aromatic rings. The van der Waals surface area contributed by atoms with Gasteiger partial charge in [0.25, 0.3) is 0 Å². The number of hydrogen-bond donors (Lipinski definition) is 1. The minimum Gasteiger partial charge on any atom is -0.371 e. The molecule has 1 unspecified atom stereocenters. The number of carbonyl (C=O) groups excluding carboxylic acids is 1. The summed E-state index contributed by atoms with van der Waals surface area (Å²) in [4.78, 5) is 12.4. The Balaban J connectivity index is 1.80. The van der Waals surface area contributed by atoms with Crippen molar-refractivity contribution in [3.63, 3.8) is 0 Å². The molecule has 1 N–H and O–H groups in total. The summed E-state index contributed by atoms with van der Waals surface area (Å²) in [5.74, 6) is -0.435. The van der Waals surface area contributed by atoms with Crippen molar-refractivity contribution < 1.29 is 22.7 Å². The van der Waals surface area contributed by atoms with Crippen molar-refractivity contribution in [2.24, 2.45) is 0 Å². The molecule has 1 atom stereocenters. The first-order chi connectivity index (χ1) is 11.4. The molecule has 0 aromatic heterocycles. The van der Waals surface area contributed by atoms with Crippen LogP contribution in [0.15, 0.2) is 48.5 Å². The average molecular weight is 335 g/mol. The molecular formula is C18H16F3NO2. The first-order valence-corrected chi connectivity index (χ1v) is 7.59. The molecule has 1 heterocycles. The fourth-order valence-corrected chi connectivity index (χ4v) is 2.63. The molecule has 3 rings (SSSR count). The van der Waals surface area contributed by atoms with Gasteiger partial charge in [0.1, 0.15) is 0 Å². The molecule has 1 aliphatic heterocycles. The van der Waals surface area contributed by atoms with Gasteiger partial charge in [0.15, 0.2) is 5.78 Å². The minimum atomic E-state index is -4.47. The van der Waals surface area contributed by atoms with Gasteiger partial charge in [-0.25, -0.2) is 0 Å². The molecule has 24 heavy (non-hydrogen) atoms. The lowest BCUT2D eigenvalue weighted by atomic mass is 9.99. The van der Waals surface area contributed by atoms with E-state index in [0.717, 1.165) is 24.2 Å². The van der Waals surface area contributed by atoms with Crippen LogP contribution in [0.3, 0.4) is 0 Å². The molecule has 0 bridgehead atoms. The number of hydrogen-bond acceptors (Lipinski definition) is 3. The highest BCUT2D eigenvalue weighted by atomic mass is 19.4. The van der Waals surface area contributed by atoms with Gasteiger partial charge in [-0.1, -0.05) is 36.4 Å². The number of nitrogens with one attached hydrogen (secondary N) is 1. The summed E-state index contributed by atoms with van der Waals surface area (Å²) < 4.78 is 43.9. The van der Waals surface area contributed by atoms with Crippen LogP contribution in [0.5, 0.6) is 0 Å². The molecule has 0 spiro atoms. The van der Waals surface area contributed by atoms with Crippen molar-refractivity contribution in [1.82, 2.24) is 5.32 Å². The smallest absolute Gasteiger partial charge is 0.371 e. The lowest BCUT2D eigenvalue weighted by molar-refractivity contribution is -0.137. The van der Waals surface area contributed by atoms with Gasteiger partial charge in [0, 0.05) is 24.2 Å². The topological polar surface area (TPSA) is 38.3 Å². The van der Waals surface area contributed by atoms with Crippen molar-refractivity contribution in [3.05, 3.63) is 70.8 Å². The maximum atomic E-state index is 12.8. The van der Waals surface area contributed by atoms with Gasteiger partial charge < -0.3 is 10.1 Å². The van der Waals surface area contributed by atoms with Crippen LogP contribution < -0.4 is 5.32 Å². The van der Waals surface area contributed by atoms with Gasteiger partial charge in [0.05, 0.1) is 18.3 Å². The summed E-state index contributed by atoms with van der Waals surface area (Å²) in [6, 6.07) is 11.3. The molecule has 3 nitrogen and oxygen atoms in total. The van der Waals surface area contributed by atoms with E-state index in [0.29, 0.717) is 18.7 Å². The number of alkyl halides is 3. The van der Waals surface area contributed by atoms with Gasteiger partial charge in [-0.3, -0.25) is 4.79 Å². The third-order valence-electron chi connectivity index (χ3n) is 3.92. The summed E-state index contributed by atoms with van der Waals surface area (Å²) in [5, 5.41) is 3.22. The van der Waals surface area contributed by atoms with E-state index in [1.54, 1.807) is 24.3 Å². The Bertz CT molecular complexity index is 720. The predicted molar refractivity (Wildman–Crippen MR) is 82.9 cm³/mol. The number of rotatable bonds is 3. The van der Waals surface area contributed by atoms with Crippen molar-refractivity contribution in [2.75, 3.05) is 19.7 Å². The molecule has 1 saturated heterocycles. The van der Waals surface area contributed by atoms with Gasteiger partial charge in [-0.15, -0.1) is 0 Å². The lowest BCUT2D eigenvalue weighted by Gasteiger charge is -2.24. The summed E-state index contributed by atoms with van der Waals surface area (Å²) in [6.07, 6.45) is -4.54. The molecule has 1 fully saturated rings. The third-order valence-corrected chi connectivity index (χ3v) is 3.92. The zero-order valence-corrected chi connectivity index (χ0v) is 12.8. The molecule has 0 radical (unpaired) electrons. The Morgan fingerprint density at radius 3 is 2.46 bits per heavy atom.